The van der Waals surface area contributed by atoms with E-state index in [0.29, 0.717) is 12.5 Å². The number of carbonyl (C=O) groups excluding carboxylic acids is 1. The highest BCUT2D eigenvalue weighted by molar-refractivity contribution is 9.25. The van der Waals surface area contributed by atoms with Gasteiger partial charge in [0.05, 0.1) is 6.61 Å². The number of likely N-dealkylation sites (tertiary alicyclic amines) is 1. The third-order valence-corrected chi connectivity index (χ3v) is 3.11. The Balaban J connectivity index is 2.20. The number of piperidine rings is 1. The van der Waals surface area contributed by atoms with Crippen molar-refractivity contribution in [3.8, 4) is 0 Å². The molecule has 0 saturated carbocycles. The molecule has 0 aromatic heterocycles. The maximum atomic E-state index is 11.1. The van der Waals surface area contributed by atoms with Gasteiger partial charge < -0.3 is 9.64 Å². The lowest BCUT2D eigenvalue weighted by atomic mass is 10.00. The minimum Gasteiger partial charge on any atom is -0.464 e. The minimum absolute atomic E-state index is 0.238. The van der Waals surface area contributed by atoms with Crippen LogP contribution in [0, 0.1) is 5.92 Å². The molecule has 1 fully saturated rings. The van der Waals surface area contributed by atoms with Crippen molar-refractivity contribution in [3.05, 3.63) is 0 Å². The monoisotopic (exact) mass is 327 g/mol. The molecule has 1 saturated heterocycles. The lowest BCUT2D eigenvalue weighted by Crippen LogP contribution is -2.35. The van der Waals surface area contributed by atoms with E-state index in [-0.39, 0.29) is 9.71 Å². The molecule has 1 rings (SSSR count). The maximum absolute atomic E-state index is 11.1. The number of esters is 1. The molecule has 0 amide bonds. The Labute approximate surface area is 101 Å². The van der Waals surface area contributed by atoms with Gasteiger partial charge in [-0.05, 0) is 26.4 Å². The van der Waals surface area contributed by atoms with Crippen LogP contribution in [0.4, 0.5) is 0 Å². The average Bonchev–Trinajstić information content (AvgIpc) is 2.14. The van der Waals surface area contributed by atoms with Crippen molar-refractivity contribution in [2.24, 2.45) is 5.92 Å². The van der Waals surface area contributed by atoms with E-state index in [2.05, 4.69) is 43.8 Å². The predicted molar refractivity (Wildman–Crippen MR) is 62.8 cm³/mol. The third-order valence-electron chi connectivity index (χ3n) is 2.36. The number of rotatable bonds is 3. The summed E-state index contributed by atoms with van der Waals surface area (Å²) in [6.45, 7) is 2.73. The topological polar surface area (TPSA) is 29.5 Å². The molecule has 5 heteroatoms. The average molecular weight is 329 g/mol. The van der Waals surface area contributed by atoms with Gasteiger partial charge >= 0.3 is 5.97 Å². The summed E-state index contributed by atoms with van der Waals surface area (Å²) < 4.78 is 4.75. The summed E-state index contributed by atoms with van der Waals surface area (Å²) in [5, 5.41) is 0. The first-order valence-corrected chi connectivity index (χ1v) is 6.56. The van der Waals surface area contributed by atoms with E-state index in [9.17, 15) is 4.79 Å². The second-order valence-electron chi connectivity index (χ2n) is 3.70. The van der Waals surface area contributed by atoms with Crippen LogP contribution in [0.2, 0.25) is 0 Å². The lowest BCUT2D eigenvalue weighted by molar-refractivity contribution is -0.142. The predicted octanol–water partition coefficient (Wildman–Crippen LogP) is 1.99. The van der Waals surface area contributed by atoms with E-state index in [0.717, 1.165) is 19.5 Å². The summed E-state index contributed by atoms with van der Waals surface area (Å²) in [5.41, 5.74) is 0. The summed E-state index contributed by atoms with van der Waals surface area (Å²) in [6, 6.07) is 0. The van der Waals surface area contributed by atoms with Gasteiger partial charge in [-0.15, -0.1) is 0 Å². The van der Waals surface area contributed by atoms with Crippen molar-refractivity contribution < 1.29 is 9.53 Å². The largest absolute Gasteiger partial charge is 0.464 e. The van der Waals surface area contributed by atoms with E-state index < -0.39 is 0 Å². The molecule has 0 spiro atoms. The number of ether oxygens (including phenoxy) is 1. The van der Waals surface area contributed by atoms with Crippen LogP contribution >= 0.6 is 31.9 Å². The standard InChI is InChI=1S/C9H15Br2NO2/c1-12-4-2-3-7(5-12)6-14-9(13)8(10)11/h7-8H,2-6H2,1H3. The molecule has 1 aliphatic heterocycles. The fourth-order valence-electron chi connectivity index (χ4n) is 1.67. The highest BCUT2D eigenvalue weighted by Gasteiger charge is 2.20. The number of nitrogens with zero attached hydrogens (tertiary/aromatic N) is 1. The molecule has 82 valence electrons. The van der Waals surface area contributed by atoms with Gasteiger partial charge in [-0.3, -0.25) is 0 Å². The maximum Gasteiger partial charge on any atom is 0.330 e. The third kappa shape index (κ3) is 4.28. The summed E-state index contributed by atoms with van der Waals surface area (Å²) in [6.07, 6.45) is 2.36. The molecule has 1 atom stereocenters. The zero-order valence-electron chi connectivity index (χ0n) is 8.21. The Bertz CT molecular complexity index is 199. The van der Waals surface area contributed by atoms with E-state index in [4.69, 9.17) is 4.74 Å². The van der Waals surface area contributed by atoms with E-state index >= 15 is 0 Å². The summed E-state index contributed by atoms with van der Waals surface area (Å²) in [4.78, 5) is 13.4. The fourth-order valence-corrected chi connectivity index (χ4v) is 1.94. The molecule has 0 aliphatic carbocycles. The SMILES string of the molecule is CN1CCCC(COC(=O)C(Br)Br)C1. The Morgan fingerprint density at radius 2 is 2.36 bits per heavy atom. The quantitative estimate of drug-likeness (QED) is 0.586. The van der Waals surface area contributed by atoms with Crippen LogP contribution in [0.1, 0.15) is 12.8 Å². The van der Waals surface area contributed by atoms with E-state index in [1.807, 2.05) is 0 Å². The van der Waals surface area contributed by atoms with Gasteiger partial charge in [-0.25, -0.2) is 4.79 Å². The zero-order valence-corrected chi connectivity index (χ0v) is 11.4. The van der Waals surface area contributed by atoms with Gasteiger partial charge in [0.2, 0.25) is 0 Å². The first kappa shape index (κ1) is 12.5. The lowest BCUT2D eigenvalue weighted by Gasteiger charge is -2.29. The highest BCUT2D eigenvalue weighted by atomic mass is 79.9. The van der Waals surface area contributed by atoms with Crippen molar-refractivity contribution in [1.29, 1.82) is 0 Å². The molecule has 0 radical (unpaired) electrons. The van der Waals surface area contributed by atoms with Crippen LogP contribution in [0.3, 0.4) is 0 Å². The number of hydrogen-bond acceptors (Lipinski definition) is 3. The Hall–Kier alpha value is 0.390. The molecule has 3 nitrogen and oxygen atoms in total. The van der Waals surface area contributed by atoms with Crippen LogP contribution in [0.5, 0.6) is 0 Å². The molecule has 14 heavy (non-hydrogen) atoms. The highest BCUT2D eigenvalue weighted by Crippen LogP contribution is 2.17. The van der Waals surface area contributed by atoms with Crippen LogP contribution in [-0.2, 0) is 9.53 Å². The molecule has 0 bridgehead atoms. The van der Waals surface area contributed by atoms with Crippen molar-refractivity contribution in [1.82, 2.24) is 4.90 Å². The van der Waals surface area contributed by atoms with E-state index in [1.54, 1.807) is 0 Å². The van der Waals surface area contributed by atoms with Gasteiger partial charge in [-0.1, -0.05) is 31.9 Å². The number of halogens is 2. The Morgan fingerprint density at radius 1 is 1.64 bits per heavy atom. The van der Waals surface area contributed by atoms with Gasteiger partial charge in [0.1, 0.15) is 0 Å². The normalized spacial score (nSPS) is 23.9. The van der Waals surface area contributed by atoms with Gasteiger partial charge in [0, 0.05) is 12.5 Å². The summed E-state index contributed by atoms with van der Waals surface area (Å²) in [7, 11) is 2.10. The summed E-state index contributed by atoms with van der Waals surface area (Å²) >= 11 is 6.22. The van der Waals surface area contributed by atoms with Crippen molar-refractivity contribution in [3.63, 3.8) is 0 Å². The van der Waals surface area contributed by atoms with Crippen LogP contribution < -0.4 is 0 Å². The zero-order chi connectivity index (χ0) is 10.6. The van der Waals surface area contributed by atoms with Gasteiger partial charge in [0.25, 0.3) is 0 Å². The molecule has 0 aromatic rings. The smallest absolute Gasteiger partial charge is 0.330 e. The molecule has 1 unspecified atom stereocenters. The second-order valence-corrected chi connectivity index (χ2v) is 6.76. The van der Waals surface area contributed by atoms with Crippen molar-refractivity contribution in [2.45, 2.75) is 16.6 Å². The van der Waals surface area contributed by atoms with Crippen molar-refractivity contribution >= 4 is 37.8 Å². The molecular formula is C9H15Br2NO2. The second kappa shape index (κ2) is 6.08. The first-order valence-electron chi connectivity index (χ1n) is 4.73. The Morgan fingerprint density at radius 3 is 2.93 bits per heavy atom. The van der Waals surface area contributed by atoms with E-state index in [1.165, 1.54) is 6.42 Å². The molecule has 0 N–H and O–H groups in total. The van der Waals surface area contributed by atoms with Gasteiger partial charge in [-0.2, -0.15) is 0 Å². The molecular weight excluding hydrogens is 314 g/mol. The number of carbonyl (C=O) groups is 1. The van der Waals surface area contributed by atoms with Crippen LogP contribution in [0.25, 0.3) is 0 Å². The van der Waals surface area contributed by atoms with Crippen LogP contribution in [-0.4, -0.2) is 41.3 Å². The molecule has 1 heterocycles. The fraction of sp³-hybridized carbons (Fsp3) is 0.889. The molecule has 0 aromatic carbocycles. The minimum atomic E-state index is -0.378. The summed E-state index contributed by atoms with van der Waals surface area (Å²) in [5.74, 6) is 0.259. The number of hydrogen-bond donors (Lipinski definition) is 0. The van der Waals surface area contributed by atoms with Crippen molar-refractivity contribution in [2.75, 3.05) is 26.7 Å². The number of alkyl halides is 2. The van der Waals surface area contributed by atoms with Gasteiger partial charge in [0.15, 0.2) is 3.74 Å². The van der Waals surface area contributed by atoms with Crippen LogP contribution in [0.15, 0.2) is 0 Å². The molecule has 1 aliphatic rings. The Kier molecular flexibility index (Phi) is 5.41. The first-order chi connectivity index (χ1) is 6.59.